The van der Waals surface area contributed by atoms with E-state index in [-0.39, 0.29) is 23.4 Å². The van der Waals surface area contributed by atoms with Crippen molar-refractivity contribution < 1.29 is 14.5 Å². The predicted molar refractivity (Wildman–Crippen MR) is 105 cm³/mol. The summed E-state index contributed by atoms with van der Waals surface area (Å²) in [4.78, 5) is 38.0. The number of hydrogen-bond acceptors (Lipinski definition) is 4. The SMILES string of the molecule is O=C(Nc1ccc([N+](=O)[O-])cc1Br)C1CC=CCC1C(=O)N1CCCCC1. The Labute approximate surface area is 166 Å². The molecular weight excluding hydrogens is 414 g/mol. The van der Waals surface area contributed by atoms with E-state index in [1.54, 1.807) is 0 Å². The second kappa shape index (κ2) is 8.65. The average Bonchev–Trinajstić information content (AvgIpc) is 2.69. The van der Waals surface area contributed by atoms with Gasteiger partial charge in [-0.15, -0.1) is 0 Å². The molecule has 144 valence electrons. The first-order chi connectivity index (χ1) is 13.0. The molecular formula is C19H22BrN3O4. The highest BCUT2D eigenvalue weighted by atomic mass is 79.9. The zero-order valence-corrected chi connectivity index (χ0v) is 16.5. The molecule has 1 saturated heterocycles. The molecule has 2 aliphatic rings. The van der Waals surface area contributed by atoms with Gasteiger partial charge in [0.2, 0.25) is 11.8 Å². The van der Waals surface area contributed by atoms with Gasteiger partial charge < -0.3 is 10.2 Å². The summed E-state index contributed by atoms with van der Waals surface area (Å²) < 4.78 is 0.440. The number of allylic oxidation sites excluding steroid dienone is 2. The Bertz CT molecular complexity index is 774. The van der Waals surface area contributed by atoms with Crippen LogP contribution in [0.15, 0.2) is 34.8 Å². The van der Waals surface area contributed by atoms with Crippen molar-refractivity contribution in [3.05, 3.63) is 44.9 Å². The maximum Gasteiger partial charge on any atom is 0.270 e. The molecule has 8 heteroatoms. The van der Waals surface area contributed by atoms with Gasteiger partial charge in [0.05, 0.1) is 22.4 Å². The van der Waals surface area contributed by atoms with Crippen molar-refractivity contribution >= 4 is 39.1 Å². The van der Waals surface area contributed by atoms with Crippen LogP contribution in [-0.4, -0.2) is 34.7 Å². The zero-order valence-electron chi connectivity index (χ0n) is 14.9. The molecule has 27 heavy (non-hydrogen) atoms. The number of nitro groups is 1. The number of carbonyl (C=O) groups is 2. The number of carbonyl (C=O) groups excluding carboxylic acids is 2. The summed E-state index contributed by atoms with van der Waals surface area (Å²) in [5.74, 6) is -0.970. The van der Waals surface area contributed by atoms with E-state index in [1.807, 2.05) is 17.1 Å². The van der Waals surface area contributed by atoms with Crippen LogP contribution in [0.1, 0.15) is 32.1 Å². The van der Waals surface area contributed by atoms with Crippen molar-refractivity contribution in [1.82, 2.24) is 4.90 Å². The quantitative estimate of drug-likeness (QED) is 0.440. The summed E-state index contributed by atoms with van der Waals surface area (Å²) in [6.07, 6.45) is 8.16. The van der Waals surface area contributed by atoms with Crippen molar-refractivity contribution in [2.75, 3.05) is 18.4 Å². The lowest BCUT2D eigenvalue weighted by molar-refractivity contribution is -0.384. The number of nitro benzene ring substituents is 1. The standard InChI is InChI=1S/C19H22BrN3O4/c20-16-12-13(23(26)27)8-9-17(16)21-18(24)14-6-2-3-7-15(14)19(25)22-10-4-1-5-11-22/h2-3,8-9,12,14-15H,1,4-7,10-11H2,(H,21,24). The molecule has 1 aliphatic heterocycles. The average molecular weight is 436 g/mol. The normalized spacial score (nSPS) is 22.3. The largest absolute Gasteiger partial charge is 0.342 e. The summed E-state index contributed by atoms with van der Waals surface area (Å²) in [6.45, 7) is 1.53. The maximum atomic E-state index is 12.9. The summed E-state index contributed by atoms with van der Waals surface area (Å²) >= 11 is 3.27. The minimum Gasteiger partial charge on any atom is -0.342 e. The fourth-order valence-corrected chi connectivity index (χ4v) is 4.14. The van der Waals surface area contributed by atoms with Gasteiger partial charge in [0.15, 0.2) is 0 Å². The van der Waals surface area contributed by atoms with E-state index in [0.717, 1.165) is 32.4 Å². The van der Waals surface area contributed by atoms with Crippen LogP contribution >= 0.6 is 15.9 Å². The van der Waals surface area contributed by atoms with Crippen molar-refractivity contribution in [2.45, 2.75) is 32.1 Å². The Kier molecular flexibility index (Phi) is 6.26. The number of nitrogens with one attached hydrogen (secondary N) is 1. The lowest BCUT2D eigenvalue weighted by atomic mass is 9.81. The summed E-state index contributed by atoms with van der Waals surface area (Å²) in [7, 11) is 0. The number of benzene rings is 1. The highest BCUT2D eigenvalue weighted by Gasteiger charge is 2.36. The lowest BCUT2D eigenvalue weighted by Gasteiger charge is -2.34. The molecule has 0 aromatic heterocycles. The number of rotatable bonds is 4. The van der Waals surface area contributed by atoms with Crippen LogP contribution in [0.5, 0.6) is 0 Å². The van der Waals surface area contributed by atoms with Crippen LogP contribution in [0.3, 0.4) is 0 Å². The van der Waals surface area contributed by atoms with Gasteiger partial charge in [0.1, 0.15) is 0 Å². The molecule has 0 spiro atoms. The van der Waals surface area contributed by atoms with E-state index in [0.29, 0.717) is 23.0 Å². The van der Waals surface area contributed by atoms with Crippen LogP contribution in [0, 0.1) is 22.0 Å². The predicted octanol–water partition coefficient (Wildman–Crippen LogP) is 3.89. The third-order valence-electron chi connectivity index (χ3n) is 5.18. The Morgan fingerprint density at radius 2 is 1.78 bits per heavy atom. The molecule has 1 N–H and O–H groups in total. The number of non-ortho nitro benzene ring substituents is 1. The van der Waals surface area contributed by atoms with Crippen molar-refractivity contribution in [2.24, 2.45) is 11.8 Å². The van der Waals surface area contributed by atoms with E-state index >= 15 is 0 Å². The van der Waals surface area contributed by atoms with Crippen molar-refractivity contribution in [3.8, 4) is 0 Å². The molecule has 0 radical (unpaired) electrons. The molecule has 0 saturated carbocycles. The molecule has 1 fully saturated rings. The molecule has 2 atom stereocenters. The second-order valence-electron chi connectivity index (χ2n) is 6.95. The van der Waals surface area contributed by atoms with E-state index in [2.05, 4.69) is 21.2 Å². The number of halogens is 1. The smallest absolute Gasteiger partial charge is 0.270 e. The minimum absolute atomic E-state index is 0.0568. The van der Waals surface area contributed by atoms with Crippen molar-refractivity contribution in [3.63, 3.8) is 0 Å². The van der Waals surface area contributed by atoms with Crippen LogP contribution < -0.4 is 5.32 Å². The first kappa shape index (κ1) is 19.5. The van der Waals surface area contributed by atoms with Crippen LogP contribution in [0.4, 0.5) is 11.4 Å². The maximum absolute atomic E-state index is 12.9. The Morgan fingerprint density at radius 1 is 1.11 bits per heavy atom. The fraction of sp³-hybridized carbons (Fsp3) is 0.474. The molecule has 3 rings (SSSR count). The van der Waals surface area contributed by atoms with Crippen molar-refractivity contribution in [1.29, 1.82) is 0 Å². The summed E-state index contributed by atoms with van der Waals surface area (Å²) in [5.41, 5.74) is 0.406. The first-order valence-electron chi connectivity index (χ1n) is 9.16. The molecule has 0 bridgehead atoms. The number of hydrogen-bond donors (Lipinski definition) is 1. The third kappa shape index (κ3) is 4.55. The minimum atomic E-state index is -0.490. The number of anilines is 1. The van der Waals surface area contributed by atoms with E-state index < -0.39 is 10.8 Å². The van der Waals surface area contributed by atoms with E-state index in [1.165, 1.54) is 18.2 Å². The molecule has 2 amide bonds. The fourth-order valence-electron chi connectivity index (χ4n) is 3.67. The summed E-state index contributed by atoms with van der Waals surface area (Å²) in [5, 5.41) is 13.7. The first-order valence-corrected chi connectivity index (χ1v) is 9.95. The Morgan fingerprint density at radius 3 is 2.41 bits per heavy atom. The van der Waals surface area contributed by atoms with Crippen LogP contribution in [0.25, 0.3) is 0 Å². The molecule has 7 nitrogen and oxygen atoms in total. The van der Waals surface area contributed by atoms with Gasteiger partial charge in [0, 0.05) is 29.7 Å². The number of piperidine rings is 1. The van der Waals surface area contributed by atoms with Crippen LogP contribution in [-0.2, 0) is 9.59 Å². The zero-order chi connectivity index (χ0) is 19.4. The van der Waals surface area contributed by atoms with Gasteiger partial charge in [-0.05, 0) is 54.1 Å². The topological polar surface area (TPSA) is 92.5 Å². The van der Waals surface area contributed by atoms with E-state index in [4.69, 9.17) is 0 Å². The van der Waals surface area contributed by atoms with Gasteiger partial charge >= 0.3 is 0 Å². The van der Waals surface area contributed by atoms with Gasteiger partial charge in [0.25, 0.3) is 5.69 Å². The van der Waals surface area contributed by atoms with Crippen LogP contribution in [0.2, 0.25) is 0 Å². The monoisotopic (exact) mass is 435 g/mol. The molecule has 1 aliphatic carbocycles. The van der Waals surface area contributed by atoms with E-state index in [9.17, 15) is 19.7 Å². The lowest BCUT2D eigenvalue weighted by Crippen LogP contribution is -2.45. The van der Waals surface area contributed by atoms with Gasteiger partial charge in [-0.3, -0.25) is 19.7 Å². The molecule has 2 unspecified atom stereocenters. The third-order valence-corrected chi connectivity index (χ3v) is 5.83. The highest BCUT2D eigenvalue weighted by Crippen LogP contribution is 2.32. The Balaban J connectivity index is 1.73. The van der Waals surface area contributed by atoms with Gasteiger partial charge in [-0.2, -0.15) is 0 Å². The summed E-state index contributed by atoms with van der Waals surface area (Å²) in [6, 6.07) is 4.20. The molecule has 1 heterocycles. The number of nitrogens with zero attached hydrogens (tertiary/aromatic N) is 2. The van der Waals surface area contributed by atoms with Gasteiger partial charge in [-0.1, -0.05) is 12.2 Å². The van der Waals surface area contributed by atoms with Gasteiger partial charge in [-0.25, -0.2) is 0 Å². The number of amides is 2. The molecule has 1 aromatic carbocycles. The molecule has 1 aromatic rings. The Hall–Kier alpha value is -2.22. The number of likely N-dealkylation sites (tertiary alicyclic amines) is 1. The highest BCUT2D eigenvalue weighted by molar-refractivity contribution is 9.10. The second-order valence-corrected chi connectivity index (χ2v) is 7.81.